The van der Waals surface area contributed by atoms with Crippen LogP contribution in [0.3, 0.4) is 0 Å². The molecule has 4 aliphatic rings. The van der Waals surface area contributed by atoms with Crippen molar-refractivity contribution in [3.05, 3.63) is 23.8 Å². The number of aliphatic hydroxyl groups is 2. The molecule has 0 radical (unpaired) electrons. The third-order valence-electron chi connectivity index (χ3n) is 9.73. The number of aliphatic hydroxyl groups excluding tert-OH is 2. The summed E-state index contributed by atoms with van der Waals surface area (Å²) in [6, 6.07) is 0. The second-order valence-electron chi connectivity index (χ2n) is 11.5. The van der Waals surface area contributed by atoms with Gasteiger partial charge in [-0.05, 0) is 56.3 Å². The second kappa shape index (κ2) is 9.83. The Morgan fingerprint density at radius 1 is 1.21 bits per heavy atom. The minimum absolute atomic E-state index is 0.00919. The zero-order valence-electron chi connectivity index (χ0n) is 21.6. The molecule has 0 bridgehead atoms. The Morgan fingerprint density at radius 2 is 1.89 bits per heavy atom. The summed E-state index contributed by atoms with van der Waals surface area (Å²) >= 11 is 0. The molecule has 0 aliphatic heterocycles. The molecule has 10 nitrogen and oxygen atoms in total. The predicted molar refractivity (Wildman–Crippen MR) is 125 cm³/mol. The van der Waals surface area contributed by atoms with Gasteiger partial charge in [-0.2, -0.15) is 0 Å². The number of ketones is 2. The first-order valence-corrected chi connectivity index (χ1v) is 12.8. The fourth-order valence-electron chi connectivity index (χ4n) is 8.10. The number of hydrogen-bond donors (Lipinski definition) is 4. The monoisotopic (exact) mass is 543 g/mol. The molecule has 0 amide bonds. The van der Waals surface area contributed by atoms with Crippen LogP contribution >= 0.6 is 0 Å². The highest BCUT2D eigenvalue weighted by Gasteiger charge is 2.78. The smallest absolute Gasteiger partial charge is 0.306 e. The van der Waals surface area contributed by atoms with Crippen LogP contribution in [0.25, 0.3) is 0 Å². The Hall–Kier alpha value is -2.09. The van der Waals surface area contributed by atoms with Gasteiger partial charge in [0.1, 0.15) is 12.8 Å². The van der Waals surface area contributed by atoms with Crippen molar-refractivity contribution in [2.45, 2.75) is 76.4 Å². The molecule has 0 aromatic rings. The molecule has 0 heterocycles. The van der Waals surface area contributed by atoms with Crippen LogP contribution in [0, 0.1) is 28.6 Å². The molecule has 0 spiro atoms. The van der Waals surface area contributed by atoms with E-state index in [0.29, 0.717) is 0 Å². The predicted octanol–water partition coefficient (Wildman–Crippen LogP) is 2.19. The summed E-state index contributed by atoms with van der Waals surface area (Å²) in [6.45, 7) is 3.53. The number of ether oxygens (including phenoxy) is 1. The van der Waals surface area contributed by atoms with Gasteiger partial charge in [-0.1, -0.05) is 19.9 Å². The summed E-state index contributed by atoms with van der Waals surface area (Å²) in [7, 11) is 0. The minimum Gasteiger partial charge on any atom is -0.450 e. The number of fused-ring (bicyclic) bond motifs is 5. The Balaban J connectivity index is 1.72. The van der Waals surface area contributed by atoms with E-state index < -0.39 is 81.7 Å². The molecule has 3 fully saturated rings. The minimum atomic E-state index is -2.36. The van der Waals surface area contributed by atoms with Gasteiger partial charge < -0.3 is 14.9 Å². The Bertz CT molecular complexity index is 1070. The number of esters is 1. The zero-order chi connectivity index (χ0) is 28.3. The van der Waals surface area contributed by atoms with E-state index >= 15 is 8.78 Å². The van der Waals surface area contributed by atoms with Crippen LogP contribution in [-0.4, -0.2) is 80.3 Å². The van der Waals surface area contributed by atoms with E-state index in [1.54, 1.807) is 13.8 Å². The number of carbonyl (C=O) groups is 3. The number of allylic oxidation sites excluding steroid dienone is 4. The van der Waals surface area contributed by atoms with Crippen LogP contribution in [0.1, 0.15) is 52.9 Å². The van der Waals surface area contributed by atoms with Gasteiger partial charge >= 0.3 is 5.97 Å². The van der Waals surface area contributed by atoms with E-state index in [0.717, 1.165) is 6.08 Å². The lowest BCUT2D eigenvalue weighted by molar-refractivity contribution is -0.492. The number of hydrogen-bond acceptors (Lipinski definition) is 10. The Labute approximate surface area is 218 Å². The highest BCUT2D eigenvalue weighted by Crippen LogP contribution is 2.71. The van der Waals surface area contributed by atoms with Crippen molar-refractivity contribution in [3.63, 3.8) is 0 Å². The molecular formula is C26H35F2NO9. The van der Waals surface area contributed by atoms with E-state index in [2.05, 4.69) is 4.84 Å². The van der Waals surface area contributed by atoms with Crippen molar-refractivity contribution in [1.82, 2.24) is 5.39 Å². The van der Waals surface area contributed by atoms with E-state index in [1.807, 2.05) is 0 Å². The first kappa shape index (κ1) is 28.9. The molecule has 4 rings (SSSR count). The molecule has 0 aromatic heterocycles. The average Bonchev–Trinajstić information content (AvgIpc) is 3.06. The lowest BCUT2D eigenvalue weighted by Crippen LogP contribution is -2.71. The van der Waals surface area contributed by atoms with Gasteiger partial charge in [0.2, 0.25) is 5.78 Å². The standard InChI is InChI=1S/C26H35F2NO9/c1-14-9-16-17-11-19(27)18-10-15(31)6-7-23(18,2)25(17,28)20(32)12-24(16,3)26(14,21(33)13-30)38-22(34)5-4-8-37-29(35)36/h6-7,10,14,16-17,19-20,30,32,35-36H,4-5,8-9,11-13H2,1-3H3/t14-,16+,17?,19+,20+,23+,24+,25+,26+/m1/s1. The van der Waals surface area contributed by atoms with Gasteiger partial charge in [-0.25, -0.2) is 8.78 Å². The van der Waals surface area contributed by atoms with Crippen molar-refractivity contribution in [1.29, 1.82) is 0 Å². The summed E-state index contributed by atoms with van der Waals surface area (Å²) in [4.78, 5) is 42.7. The van der Waals surface area contributed by atoms with E-state index in [4.69, 9.17) is 15.2 Å². The van der Waals surface area contributed by atoms with Gasteiger partial charge in [0.15, 0.2) is 17.1 Å². The number of rotatable bonds is 8. The van der Waals surface area contributed by atoms with Crippen LogP contribution in [0.15, 0.2) is 23.8 Å². The molecule has 0 saturated heterocycles. The van der Waals surface area contributed by atoms with Crippen molar-refractivity contribution >= 4 is 17.5 Å². The van der Waals surface area contributed by atoms with Crippen LogP contribution in [-0.2, 0) is 24.0 Å². The van der Waals surface area contributed by atoms with Gasteiger partial charge in [-0.15, -0.1) is 0 Å². The quantitative estimate of drug-likeness (QED) is 0.203. The van der Waals surface area contributed by atoms with E-state index in [9.17, 15) is 24.6 Å². The van der Waals surface area contributed by atoms with Crippen molar-refractivity contribution in [2.75, 3.05) is 13.2 Å². The van der Waals surface area contributed by atoms with Crippen LogP contribution in [0.5, 0.6) is 0 Å². The van der Waals surface area contributed by atoms with Gasteiger partial charge in [0.05, 0.1) is 18.1 Å². The normalized spacial score (nSPS) is 43.8. The summed E-state index contributed by atoms with van der Waals surface area (Å²) < 4.78 is 38.7. The van der Waals surface area contributed by atoms with Gasteiger partial charge in [0, 0.05) is 29.1 Å². The van der Waals surface area contributed by atoms with Crippen LogP contribution in [0.2, 0.25) is 0 Å². The number of carbonyl (C=O) groups excluding carboxylic acids is 3. The SMILES string of the molecule is C[C@@H]1C[C@H]2C3C[C@H](F)C4=CC(=O)C=C[C@]4(C)[C@@]3(F)[C@@H](O)C[C@]2(C)[C@@]1(OC(=O)CCCON(O)O)C(=O)CO. The lowest BCUT2D eigenvalue weighted by atomic mass is 9.44. The fourth-order valence-corrected chi connectivity index (χ4v) is 8.10. The number of alkyl halides is 2. The molecule has 3 saturated carbocycles. The second-order valence-corrected chi connectivity index (χ2v) is 11.5. The Morgan fingerprint density at radius 3 is 2.53 bits per heavy atom. The van der Waals surface area contributed by atoms with Crippen molar-refractivity contribution < 1.29 is 53.4 Å². The zero-order valence-corrected chi connectivity index (χ0v) is 21.6. The highest BCUT2D eigenvalue weighted by atomic mass is 19.1. The molecule has 4 aliphatic carbocycles. The molecule has 212 valence electrons. The topological polar surface area (TPSA) is 154 Å². The highest BCUT2D eigenvalue weighted by molar-refractivity contribution is 6.01. The van der Waals surface area contributed by atoms with E-state index in [-0.39, 0.29) is 44.3 Å². The third kappa shape index (κ3) is 3.91. The summed E-state index contributed by atoms with van der Waals surface area (Å²) in [5.41, 5.74) is -7.22. The maximum absolute atomic E-state index is 17.3. The lowest BCUT2D eigenvalue weighted by Gasteiger charge is -2.63. The molecule has 9 atom stereocenters. The van der Waals surface area contributed by atoms with Crippen LogP contribution < -0.4 is 0 Å². The first-order valence-electron chi connectivity index (χ1n) is 12.8. The average molecular weight is 544 g/mol. The van der Waals surface area contributed by atoms with Gasteiger partial charge in [-0.3, -0.25) is 29.6 Å². The fraction of sp³-hybridized carbons (Fsp3) is 0.731. The molecule has 1 unspecified atom stereocenters. The Kier molecular flexibility index (Phi) is 7.48. The summed E-state index contributed by atoms with van der Waals surface area (Å²) in [6.07, 6.45) is -0.467. The number of Topliss-reactive ketones (excluding diaryl/α,β-unsaturated/α-hetero) is 1. The molecular weight excluding hydrogens is 508 g/mol. The number of halogens is 2. The first-order chi connectivity index (χ1) is 17.7. The largest absolute Gasteiger partial charge is 0.450 e. The van der Waals surface area contributed by atoms with Crippen LogP contribution in [0.4, 0.5) is 8.78 Å². The summed E-state index contributed by atoms with van der Waals surface area (Å²) in [5, 5.41) is 38.1. The maximum Gasteiger partial charge on any atom is 0.306 e. The maximum atomic E-state index is 17.3. The van der Waals surface area contributed by atoms with Gasteiger partial charge in [0.25, 0.3) is 0 Å². The molecule has 4 N–H and O–H groups in total. The summed E-state index contributed by atoms with van der Waals surface area (Å²) in [5.74, 6) is -4.54. The number of nitrogens with zero attached hydrogens (tertiary/aromatic N) is 1. The molecule has 38 heavy (non-hydrogen) atoms. The van der Waals surface area contributed by atoms with E-state index in [1.165, 1.54) is 19.1 Å². The molecule has 12 heteroatoms. The van der Waals surface area contributed by atoms with Crippen molar-refractivity contribution in [2.24, 2.45) is 28.6 Å². The third-order valence-corrected chi connectivity index (χ3v) is 9.73. The molecule has 0 aromatic carbocycles. The van der Waals surface area contributed by atoms with Crippen molar-refractivity contribution in [3.8, 4) is 0 Å².